The SMILES string of the molecule is COCCn1ccc(C(=O)N2CC3(CC(COCc4cccnc4)CCN3C)C2)n1. The molecule has 4 heterocycles. The molecule has 2 aromatic rings. The minimum absolute atomic E-state index is 0.0140. The van der Waals surface area contributed by atoms with Crippen molar-refractivity contribution in [3.8, 4) is 0 Å². The van der Waals surface area contributed by atoms with E-state index in [9.17, 15) is 4.79 Å². The number of likely N-dealkylation sites (tertiary alicyclic amines) is 2. The molecule has 0 aromatic carbocycles. The van der Waals surface area contributed by atoms with Gasteiger partial charge in [-0.25, -0.2) is 0 Å². The lowest BCUT2D eigenvalue weighted by Crippen LogP contribution is -2.72. The van der Waals surface area contributed by atoms with Crippen molar-refractivity contribution in [3.63, 3.8) is 0 Å². The number of aromatic nitrogens is 3. The van der Waals surface area contributed by atoms with Crippen molar-refractivity contribution in [2.45, 2.75) is 31.5 Å². The highest BCUT2D eigenvalue weighted by Gasteiger charge is 2.51. The molecule has 4 rings (SSSR count). The van der Waals surface area contributed by atoms with E-state index in [1.165, 1.54) is 0 Å². The van der Waals surface area contributed by atoms with Crippen molar-refractivity contribution in [1.29, 1.82) is 0 Å². The van der Waals surface area contributed by atoms with Crippen LogP contribution >= 0.6 is 0 Å². The Kier molecular flexibility index (Phi) is 6.46. The molecule has 0 N–H and O–H groups in total. The Morgan fingerprint density at radius 3 is 2.97 bits per heavy atom. The van der Waals surface area contributed by atoms with Crippen LogP contribution in [-0.4, -0.2) is 83.0 Å². The maximum absolute atomic E-state index is 12.8. The third-order valence-electron chi connectivity index (χ3n) is 6.34. The number of hydrogen-bond acceptors (Lipinski definition) is 6. The second-order valence-electron chi connectivity index (χ2n) is 8.50. The molecule has 0 bridgehead atoms. The van der Waals surface area contributed by atoms with Gasteiger partial charge in [0.1, 0.15) is 5.69 Å². The van der Waals surface area contributed by atoms with Crippen LogP contribution in [0.3, 0.4) is 0 Å². The van der Waals surface area contributed by atoms with Crippen LogP contribution in [0.1, 0.15) is 28.9 Å². The molecule has 0 saturated carbocycles. The van der Waals surface area contributed by atoms with E-state index in [0.29, 0.717) is 31.4 Å². The first-order valence-electron chi connectivity index (χ1n) is 10.6. The van der Waals surface area contributed by atoms with Gasteiger partial charge >= 0.3 is 0 Å². The Labute approximate surface area is 177 Å². The van der Waals surface area contributed by atoms with Crippen LogP contribution in [0.2, 0.25) is 0 Å². The van der Waals surface area contributed by atoms with Gasteiger partial charge in [0.15, 0.2) is 0 Å². The summed E-state index contributed by atoms with van der Waals surface area (Å²) in [6.07, 6.45) is 7.65. The quantitative estimate of drug-likeness (QED) is 0.656. The first kappa shape index (κ1) is 21.0. The molecule has 1 spiro atoms. The van der Waals surface area contributed by atoms with Crippen LogP contribution in [0.15, 0.2) is 36.8 Å². The monoisotopic (exact) mass is 413 g/mol. The third kappa shape index (κ3) is 4.55. The Morgan fingerprint density at radius 2 is 2.20 bits per heavy atom. The predicted octanol–water partition coefficient (Wildman–Crippen LogP) is 1.68. The molecule has 2 fully saturated rings. The number of nitrogens with zero attached hydrogens (tertiary/aromatic N) is 5. The van der Waals surface area contributed by atoms with Crippen LogP contribution in [0.5, 0.6) is 0 Å². The fraction of sp³-hybridized carbons (Fsp3) is 0.591. The van der Waals surface area contributed by atoms with Crippen LogP contribution in [-0.2, 0) is 22.6 Å². The zero-order valence-corrected chi connectivity index (χ0v) is 17.9. The van der Waals surface area contributed by atoms with E-state index >= 15 is 0 Å². The summed E-state index contributed by atoms with van der Waals surface area (Å²) in [5, 5.41) is 4.39. The van der Waals surface area contributed by atoms with E-state index in [2.05, 4.69) is 22.0 Å². The van der Waals surface area contributed by atoms with Crippen molar-refractivity contribution in [1.82, 2.24) is 24.6 Å². The second kappa shape index (κ2) is 9.24. The van der Waals surface area contributed by atoms with Gasteiger partial charge in [-0.15, -0.1) is 0 Å². The van der Waals surface area contributed by atoms with Gasteiger partial charge in [0.25, 0.3) is 5.91 Å². The lowest BCUT2D eigenvalue weighted by molar-refractivity contribution is -0.0769. The number of hydrogen-bond donors (Lipinski definition) is 0. The summed E-state index contributed by atoms with van der Waals surface area (Å²) in [5.74, 6) is 0.531. The van der Waals surface area contributed by atoms with Gasteiger partial charge in [0, 0.05) is 45.4 Å². The number of likely N-dealkylation sites (N-methyl/N-ethyl adjacent to an activating group) is 1. The standard InChI is InChI=1S/C22H31N5O3/c1-25-8-5-18(14-30-15-19-4-3-7-23-13-19)12-22(25)16-26(17-22)21(28)20-6-9-27(24-20)10-11-29-2/h3-4,6-7,9,13,18H,5,8,10-12,14-17H2,1-2H3. The number of pyridine rings is 1. The number of piperidine rings is 1. The fourth-order valence-corrected chi connectivity index (χ4v) is 4.50. The van der Waals surface area contributed by atoms with Gasteiger partial charge in [-0.05, 0) is 50.0 Å². The summed E-state index contributed by atoms with van der Waals surface area (Å²) < 4.78 is 12.8. The number of rotatable bonds is 8. The Morgan fingerprint density at radius 1 is 1.33 bits per heavy atom. The molecule has 8 heteroatoms. The Balaban J connectivity index is 1.28. The molecule has 8 nitrogen and oxygen atoms in total. The number of amides is 1. The molecule has 1 amide bonds. The van der Waals surface area contributed by atoms with E-state index in [4.69, 9.17) is 9.47 Å². The van der Waals surface area contributed by atoms with Gasteiger partial charge in [0.05, 0.1) is 25.3 Å². The Hall–Kier alpha value is -2.29. The number of carbonyl (C=O) groups is 1. The highest BCUT2D eigenvalue weighted by atomic mass is 16.5. The maximum Gasteiger partial charge on any atom is 0.274 e. The lowest BCUT2D eigenvalue weighted by atomic mass is 9.75. The normalized spacial score (nSPS) is 21.0. The summed E-state index contributed by atoms with van der Waals surface area (Å²) in [6, 6.07) is 5.77. The highest BCUT2D eigenvalue weighted by Crippen LogP contribution is 2.38. The average Bonchev–Trinajstić information content (AvgIpc) is 3.21. The fourth-order valence-electron chi connectivity index (χ4n) is 4.50. The van der Waals surface area contributed by atoms with Gasteiger partial charge in [0.2, 0.25) is 0 Å². The molecule has 1 atom stereocenters. The smallest absolute Gasteiger partial charge is 0.274 e. The van der Waals surface area contributed by atoms with Crippen molar-refractivity contribution in [2.75, 3.05) is 47.0 Å². The van der Waals surface area contributed by atoms with Gasteiger partial charge in [-0.3, -0.25) is 19.4 Å². The zero-order chi connectivity index (χ0) is 21.0. The molecule has 2 aromatic heterocycles. The molecule has 2 aliphatic heterocycles. The Bertz CT molecular complexity index is 834. The molecule has 1 unspecified atom stereocenters. The van der Waals surface area contributed by atoms with Crippen LogP contribution < -0.4 is 0 Å². The number of methoxy groups -OCH3 is 1. The topological polar surface area (TPSA) is 72.7 Å². The van der Waals surface area contributed by atoms with E-state index in [-0.39, 0.29) is 11.4 Å². The molecular weight excluding hydrogens is 382 g/mol. The van der Waals surface area contributed by atoms with Crippen LogP contribution in [0.4, 0.5) is 0 Å². The van der Waals surface area contributed by atoms with Crippen LogP contribution in [0, 0.1) is 5.92 Å². The third-order valence-corrected chi connectivity index (χ3v) is 6.34. The van der Waals surface area contributed by atoms with Crippen molar-refractivity contribution < 1.29 is 14.3 Å². The van der Waals surface area contributed by atoms with Crippen LogP contribution in [0.25, 0.3) is 0 Å². The van der Waals surface area contributed by atoms with E-state index in [1.54, 1.807) is 24.1 Å². The molecule has 0 radical (unpaired) electrons. The molecule has 162 valence electrons. The van der Waals surface area contributed by atoms with Crippen molar-refractivity contribution in [2.24, 2.45) is 5.92 Å². The number of carbonyl (C=O) groups excluding carboxylic acids is 1. The van der Waals surface area contributed by atoms with Crippen molar-refractivity contribution in [3.05, 3.63) is 48.0 Å². The largest absolute Gasteiger partial charge is 0.383 e. The first-order valence-corrected chi connectivity index (χ1v) is 10.6. The minimum Gasteiger partial charge on any atom is -0.383 e. The summed E-state index contributed by atoms with van der Waals surface area (Å²) in [6.45, 7) is 5.13. The van der Waals surface area contributed by atoms with Gasteiger partial charge in [-0.2, -0.15) is 5.10 Å². The lowest BCUT2D eigenvalue weighted by Gasteiger charge is -2.58. The summed E-state index contributed by atoms with van der Waals surface area (Å²) in [7, 11) is 3.83. The summed E-state index contributed by atoms with van der Waals surface area (Å²) in [4.78, 5) is 21.3. The van der Waals surface area contributed by atoms with Gasteiger partial charge < -0.3 is 14.4 Å². The summed E-state index contributed by atoms with van der Waals surface area (Å²) in [5.41, 5.74) is 1.68. The molecule has 2 aliphatic rings. The predicted molar refractivity (Wildman–Crippen MR) is 112 cm³/mol. The highest BCUT2D eigenvalue weighted by molar-refractivity contribution is 5.93. The molecule has 30 heavy (non-hydrogen) atoms. The zero-order valence-electron chi connectivity index (χ0n) is 17.9. The second-order valence-corrected chi connectivity index (χ2v) is 8.50. The van der Waals surface area contributed by atoms with Gasteiger partial charge in [-0.1, -0.05) is 6.07 Å². The maximum atomic E-state index is 12.8. The van der Waals surface area contributed by atoms with E-state index < -0.39 is 0 Å². The number of ether oxygens (including phenoxy) is 2. The summed E-state index contributed by atoms with van der Waals surface area (Å²) >= 11 is 0. The van der Waals surface area contributed by atoms with E-state index in [0.717, 1.165) is 44.6 Å². The molecule has 2 saturated heterocycles. The minimum atomic E-state index is 0.0140. The first-order chi connectivity index (χ1) is 14.6. The van der Waals surface area contributed by atoms with Crippen molar-refractivity contribution >= 4 is 5.91 Å². The molecular formula is C22H31N5O3. The molecule has 0 aliphatic carbocycles. The van der Waals surface area contributed by atoms with E-state index in [1.807, 2.05) is 29.4 Å². The average molecular weight is 414 g/mol.